The Labute approximate surface area is 153 Å². The van der Waals surface area contributed by atoms with Crippen LogP contribution < -0.4 is 5.32 Å². The van der Waals surface area contributed by atoms with E-state index in [1.165, 1.54) is 17.6 Å². The molecule has 0 amide bonds. The third-order valence-electron chi connectivity index (χ3n) is 4.86. The second-order valence-corrected chi connectivity index (χ2v) is 6.62. The molecule has 1 aromatic rings. The number of hydrogen-bond acceptors (Lipinski definition) is 3. The predicted molar refractivity (Wildman–Crippen MR) is 105 cm³/mol. The molecule has 0 radical (unpaired) electrons. The fraction of sp³-hybridized carbons (Fsp3) is 0.636. The highest BCUT2D eigenvalue weighted by Crippen LogP contribution is 2.34. The number of furan rings is 1. The first-order valence-electron chi connectivity index (χ1n) is 10.1. The summed E-state index contributed by atoms with van der Waals surface area (Å²) in [4.78, 5) is 0. The van der Waals surface area contributed by atoms with Gasteiger partial charge in [-0.05, 0) is 54.9 Å². The summed E-state index contributed by atoms with van der Waals surface area (Å²) in [6.45, 7) is 11.1. The summed E-state index contributed by atoms with van der Waals surface area (Å²) in [6, 6.07) is 4.59. The number of rotatable bonds is 5. The Bertz CT molecular complexity index is 562. The lowest BCUT2D eigenvalue weighted by molar-refractivity contribution is 0.130. The van der Waals surface area contributed by atoms with Gasteiger partial charge in [0.2, 0.25) is 0 Å². The Morgan fingerprint density at radius 2 is 2.12 bits per heavy atom. The van der Waals surface area contributed by atoms with Gasteiger partial charge in [0.25, 0.3) is 0 Å². The van der Waals surface area contributed by atoms with Gasteiger partial charge in [-0.3, -0.25) is 0 Å². The lowest BCUT2D eigenvalue weighted by Gasteiger charge is -2.18. The summed E-state index contributed by atoms with van der Waals surface area (Å²) in [7, 11) is 0. The van der Waals surface area contributed by atoms with Gasteiger partial charge < -0.3 is 14.5 Å². The minimum Gasteiger partial charge on any atom is -0.464 e. The van der Waals surface area contributed by atoms with Gasteiger partial charge >= 0.3 is 0 Å². The second-order valence-electron chi connectivity index (χ2n) is 6.62. The monoisotopic (exact) mass is 345 g/mol. The quantitative estimate of drug-likeness (QED) is 0.755. The van der Waals surface area contributed by atoms with Crippen molar-refractivity contribution in [1.82, 2.24) is 5.32 Å². The van der Waals surface area contributed by atoms with Crippen molar-refractivity contribution in [2.24, 2.45) is 5.92 Å². The zero-order chi connectivity index (χ0) is 18.1. The van der Waals surface area contributed by atoms with Gasteiger partial charge in [-0.1, -0.05) is 39.8 Å². The van der Waals surface area contributed by atoms with Crippen molar-refractivity contribution in [3.05, 3.63) is 47.0 Å². The Hall–Kier alpha value is -1.32. The van der Waals surface area contributed by atoms with Gasteiger partial charge in [0, 0.05) is 19.6 Å². The van der Waals surface area contributed by atoms with Crippen LogP contribution in [0.5, 0.6) is 0 Å². The van der Waals surface area contributed by atoms with Gasteiger partial charge in [0.15, 0.2) is 0 Å². The van der Waals surface area contributed by atoms with E-state index < -0.39 is 0 Å². The molecule has 3 nitrogen and oxygen atoms in total. The molecule has 1 N–H and O–H groups in total. The molecule has 2 atom stereocenters. The maximum atomic E-state index is 5.94. The largest absolute Gasteiger partial charge is 0.464 e. The number of nitrogens with one attached hydrogen (secondary N) is 1. The SMILES string of the molecule is CC.CC/C=C(\C=C1\CCCOC1)C1CN[C@@H](c2ccc(CC)o2)C1. The van der Waals surface area contributed by atoms with Crippen LogP contribution in [-0.2, 0) is 11.2 Å². The molecule has 0 spiro atoms. The highest BCUT2D eigenvalue weighted by Gasteiger charge is 2.29. The van der Waals surface area contributed by atoms with Crippen LogP contribution in [0.4, 0.5) is 0 Å². The first-order valence-corrected chi connectivity index (χ1v) is 10.1. The molecule has 2 aliphatic rings. The van der Waals surface area contributed by atoms with Gasteiger partial charge in [-0.2, -0.15) is 0 Å². The van der Waals surface area contributed by atoms with Crippen molar-refractivity contribution in [2.75, 3.05) is 19.8 Å². The lowest BCUT2D eigenvalue weighted by atomic mass is 9.92. The smallest absolute Gasteiger partial charge is 0.121 e. The summed E-state index contributed by atoms with van der Waals surface area (Å²) in [5.74, 6) is 2.74. The topological polar surface area (TPSA) is 34.4 Å². The molecule has 0 bridgehead atoms. The fourth-order valence-corrected chi connectivity index (χ4v) is 3.58. The van der Waals surface area contributed by atoms with Crippen molar-refractivity contribution in [2.45, 2.75) is 65.8 Å². The summed E-state index contributed by atoms with van der Waals surface area (Å²) in [5, 5.41) is 3.64. The molecular formula is C22H35NO2. The van der Waals surface area contributed by atoms with Gasteiger partial charge in [-0.25, -0.2) is 0 Å². The summed E-state index contributed by atoms with van der Waals surface area (Å²) in [5.41, 5.74) is 2.93. The van der Waals surface area contributed by atoms with Crippen molar-refractivity contribution in [3.63, 3.8) is 0 Å². The summed E-state index contributed by atoms with van der Waals surface area (Å²) < 4.78 is 11.5. The minimum atomic E-state index is 0.349. The zero-order valence-electron chi connectivity index (χ0n) is 16.4. The van der Waals surface area contributed by atoms with Crippen LogP contribution in [0.2, 0.25) is 0 Å². The molecule has 3 heterocycles. The van der Waals surface area contributed by atoms with E-state index in [0.717, 1.165) is 57.0 Å². The van der Waals surface area contributed by atoms with Gasteiger partial charge in [0.05, 0.1) is 12.6 Å². The van der Waals surface area contributed by atoms with E-state index >= 15 is 0 Å². The maximum absolute atomic E-state index is 5.94. The fourth-order valence-electron chi connectivity index (χ4n) is 3.58. The highest BCUT2D eigenvalue weighted by molar-refractivity contribution is 5.29. The van der Waals surface area contributed by atoms with Crippen molar-refractivity contribution in [1.29, 1.82) is 0 Å². The predicted octanol–water partition coefficient (Wildman–Crippen LogP) is 5.59. The number of ether oxygens (including phenoxy) is 1. The van der Waals surface area contributed by atoms with E-state index in [2.05, 4.69) is 43.4 Å². The van der Waals surface area contributed by atoms with Crippen molar-refractivity contribution >= 4 is 0 Å². The Kier molecular flexibility index (Phi) is 8.50. The average Bonchev–Trinajstić information content (AvgIpc) is 3.33. The Morgan fingerprint density at radius 3 is 2.76 bits per heavy atom. The first kappa shape index (κ1) is 20.0. The third kappa shape index (κ3) is 5.58. The molecule has 1 aromatic heterocycles. The van der Waals surface area contributed by atoms with E-state index in [-0.39, 0.29) is 0 Å². The lowest BCUT2D eigenvalue weighted by Crippen LogP contribution is -2.14. The minimum absolute atomic E-state index is 0.349. The number of hydrogen-bond donors (Lipinski definition) is 1. The van der Waals surface area contributed by atoms with Crippen molar-refractivity contribution in [3.8, 4) is 0 Å². The molecule has 25 heavy (non-hydrogen) atoms. The molecule has 0 aromatic carbocycles. The van der Waals surface area contributed by atoms with E-state index in [4.69, 9.17) is 9.15 Å². The molecule has 2 saturated heterocycles. The Balaban J connectivity index is 0.00000109. The molecule has 3 rings (SSSR count). The first-order chi connectivity index (χ1) is 12.3. The molecule has 0 aliphatic carbocycles. The third-order valence-corrected chi connectivity index (χ3v) is 4.86. The van der Waals surface area contributed by atoms with Crippen LogP contribution in [-0.4, -0.2) is 19.8 Å². The molecule has 0 saturated carbocycles. The van der Waals surface area contributed by atoms with Gasteiger partial charge in [-0.15, -0.1) is 0 Å². The van der Waals surface area contributed by atoms with Crippen LogP contribution >= 0.6 is 0 Å². The molecule has 140 valence electrons. The maximum Gasteiger partial charge on any atom is 0.121 e. The average molecular weight is 346 g/mol. The van der Waals surface area contributed by atoms with E-state index in [1.807, 2.05) is 13.8 Å². The molecular weight excluding hydrogens is 310 g/mol. The van der Waals surface area contributed by atoms with Crippen LogP contribution in [0.15, 0.2) is 39.8 Å². The molecule has 3 heteroatoms. The van der Waals surface area contributed by atoms with Crippen LogP contribution in [0.25, 0.3) is 0 Å². The summed E-state index contributed by atoms with van der Waals surface area (Å²) in [6.07, 6.45) is 10.3. The van der Waals surface area contributed by atoms with E-state index in [0.29, 0.717) is 12.0 Å². The normalized spacial score (nSPS) is 25.8. The van der Waals surface area contributed by atoms with Crippen molar-refractivity contribution < 1.29 is 9.15 Å². The van der Waals surface area contributed by atoms with Gasteiger partial charge in [0.1, 0.15) is 11.5 Å². The summed E-state index contributed by atoms with van der Waals surface area (Å²) >= 11 is 0. The van der Waals surface area contributed by atoms with E-state index in [9.17, 15) is 0 Å². The highest BCUT2D eigenvalue weighted by atomic mass is 16.5. The van der Waals surface area contributed by atoms with Crippen LogP contribution in [0.1, 0.15) is 70.9 Å². The number of allylic oxidation sites excluding steroid dienone is 2. The Morgan fingerprint density at radius 1 is 1.28 bits per heavy atom. The second kappa shape index (κ2) is 10.6. The molecule has 1 unspecified atom stereocenters. The molecule has 2 fully saturated rings. The van der Waals surface area contributed by atoms with E-state index in [1.54, 1.807) is 0 Å². The van der Waals surface area contributed by atoms with Crippen LogP contribution in [0, 0.1) is 5.92 Å². The standard InChI is InChI=1S/C20H29NO2.C2H6/c1-3-6-16(11-15-7-5-10-22-14-15)17-12-19(21-13-17)20-9-8-18(4-2)23-20;1-2/h6,8-9,11,17,19,21H,3-5,7,10,12-14H2,1-2H3;1-2H3/b15-11-,16-6+;/t17?,19-;/m1./s1. The number of aryl methyl sites for hydroxylation is 1. The zero-order valence-corrected chi connectivity index (χ0v) is 16.4. The van der Waals surface area contributed by atoms with Crippen LogP contribution in [0.3, 0.4) is 0 Å². The molecule has 2 aliphatic heterocycles.